The van der Waals surface area contributed by atoms with Gasteiger partial charge in [0.25, 0.3) is 0 Å². The SMILES string of the molecule is CCOc1ccc(NC(=O)C(C)(C)C(=O)Nc2ccc(F)cc2)cc1. The van der Waals surface area contributed by atoms with Crippen LogP contribution in [-0.2, 0) is 9.59 Å². The Morgan fingerprint density at radius 3 is 1.80 bits per heavy atom. The highest BCUT2D eigenvalue weighted by Gasteiger charge is 2.36. The van der Waals surface area contributed by atoms with E-state index in [9.17, 15) is 14.0 Å². The topological polar surface area (TPSA) is 67.4 Å². The monoisotopic (exact) mass is 344 g/mol. The second-order valence-corrected chi connectivity index (χ2v) is 6.00. The van der Waals surface area contributed by atoms with Crippen molar-refractivity contribution in [3.8, 4) is 5.75 Å². The molecule has 0 atom stereocenters. The number of carbonyl (C=O) groups excluding carboxylic acids is 2. The van der Waals surface area contributed by atoms with Gasteiger partial charge in [-0.1, -0.05) is 0 Å². The summed E-state index contributed by atoms with van der Waals surface area (Å²) in [6, 6.07) is 12.2. The van der Waals surface area contributed by atoms with Crippen LogP contribution in [0.1, 0.15) is 20.8 Å². The van der Waals surface area contributed by atoms with Crippen molar-refractivity contribution in [3.05, 3.63) is 54.3 Å². The highest BCUT2D eigenvalue weighted by Crippen LogP contribution is 2.23. The van der Waals surface area contributed by atoms with Crippen LogP contribution >= 0.6 is 0 Å². The molecule has 2 aromatic rings. The van der Waals surface area contributed by atoms with Crippen LogP contribution in [0.5, 0.6) is 5.75 Å². The molecule has 0 saturated carbocycles. The highest BCUT2D eigenvalue weighted by molar-refractivity contribution is 6.13. The second-order valence-electron chi connectivity index (χ2n) is 6.00. The number of halogens is 1. The average molecular weight is 344 g/mol. The maximum Gasteiger partial charge on any atom is 0.239 e. The standard InChI is InChI=1S/C19H21FN2O3/c1-4-25-16-11-9-15(10-12-16)22-18(24)19(2,3)17(23)21-14-7-5-13(20)6-8-14/h5-12H,4H2,1-3H3,(H,21,23)(H,22,24). The third-order valence-corrected chi connectivity index (χ3v) is 3.66. The fraction of sp³-hybridized carbons (Fsp3) is 0.263. The van der Waals surface area contributed by atoms with Crippen molar-refractivity contribution in [3.63, 3.8) is 0 Å². The van der Waals surface area contributed by atoms with Gasteiger partial charge in [-0.2, -0.15) is 0 Å². The summed E-state index contributed by atoms with van der Waals surface area (Å²) in [5.74, 6) is -0.627. The molecule has 0 aromatic heterocycles. The lowest BCUT2D eigenvalue weighted by Gasteiger charge is -2.22. The Balaban J connectivity index is 2.02. The van der Waals surface area contributed by atoms with Crippen LogP contribution in [0.4, 0.5) is 15.8 Å². The van der Waals surface area contributed by atoms with Crippen molar-refractivity contribution in [2.24, 2.45) is 5.41 Å². The summed E-state index contributed by atoms with van der Waals surface area (Å²) in [6.45, 7) is 5.49. The number of benzene rings is 2. The zero-order chi connectivity index (χ0) is 18.4. The van der Waals surface area contributed by atoms with E-state index < -0.39 is 23.0 Å². The first-order valence-electron chi connectivity index (χ1n) is 7.94. The number of hydrogen-bond acceptors (Lipinski definition) is 3. The summed E-state index contributed by atoms with van der Waals surface area (Å²) in [5, 5.41) is 5.33. The van der Waals surface area contributed by atoms with Crippen LogP contribution < -0.4 is 15.4 Å². The van der Waals surface area contributed by atoms with Crippen molar-refractivity contribution >= 4 is 23.2 Å². The molecule has 25 heavy (non-hydrogen) atoms. The summed E-state index contributed by atoms with van der Waals surface area (Å²) >= 11 is 0. The van der Waals surface area contributed by atoms with E-state index >= 15 is 0 Å². The molecule has 0 aliphatic carbocycles. The van der Waals surface area contributed by atoms with Crippen molar-refractivity contribution in [1.29, 1.82) is 0 Å². The molecule has 2 aromatic carbocycles. The normalized spacial score (nSPS) is 10.9. The van der Waals surface area contributed by atoms with Gasteiger partial charge in [0.1, 0.15) is 17.0 Å². The Hall–Kier alpha value is -2.89. The summed E-state index contributed by atoms with van der Waals surface area (Å²) < 4.78 is 18.3. The lowest BCUT2D eigenvalue weighted by atomic mass is 9.90. The molecule has 0 bridgehead atoms. The molecule has 2 rings (SSSR count). The summed E-state index contributed by atoms with van der Waals surface area (Å²) in [5.41, 5.74) is -0.322. The summed E-state index contributed by atoms with van der Waals surface area (Å²) in [7, 11) is 0. The molecule has 5 nitrogen and oxygen atoms in total. The Labute approximate surface area is 146 Å². The molecular formula is C19H21FN2O3. The van der Waals surface area contributed by atoms with Gasteiger partial charge in [-0.15, -0.1) is 0 Å². The largest absolute Gasteiger partial charge is 0.494 e. The first-order chi connectivity index (χ1) is 11.8. The molecule has 0 aliphatic rings. The van der Waals surface area contributed by atoms with E-state index in [0.29, 0.717) is 23.7 Å². The van der Waals surface area contributed by atoms with E-state index in [1.165, 1.54) is 38.1 Å². The van der Waals surface area contributed by atoms with Gasteiger partial charge in [0.2, 0.25) is 11.8 Å². The molecule has 2 N–H and O–H groups in total. The third-order valence-electron chi connectivity index (χ3n) is 3.66. The van der Waals surface area contributed by atoms with E-state index in [1.54, 1.807) is 24.3 Å². The van der Waals surface area contributed by atoms with Crippen LogP contribution in [-0.4, -0.2) is 18.4 Å². The van der Waals surface area contributed by atoms with Crippen molar-refractivity contribution in [1.82, 2.24) is 0 Å². The van der Waals surface area contributed by atoms with Gasteiger partial charge in [-0.3, -0.25) is 9.59 Å². The predicted molar refractivity (Wildman–Crippen MR) is 95.1 cm³/mol. The fourth-order valence-electron chi connectivity index (χ4n) is 2.01. The van der Waals surface area contributed by atoms with Gasteiger partial charge in [0, 0.05) is 11.4 Å². The van der Waals surface area contributed by atoms with Crippen molar-refractivity contribution in [2.45, 2.75) is 20.8 Å². The van der Waals surface area contributed by atoms with Crippen molar-refractivity contribution < 1.29 is 18.7 Å². The Morgan fingerprint density at radius 1 is 0.920 bits per heavy atom. The van der Waals surface area contributed by atoms with E-state index in [-0.39, 0.29) is 0 Å². The molecule has 0 aliphatic heterocycles. The van der Waals surface area contributed by atoms with Crippen LogP contribution in [0.3, 0.4) is 0 Å². The molecule has 6 heteroatoms. The maximum absolute atomic E-state index is 12.9. The number of rotatable bonds is 6. The molecular weight excluding hydrogens is 323 g/mol. The van der Waals surface area contributed by atoms with Gasteiger partial charge in [0.05, 0.1) is 6.61 Å². The van der Waals surface area contributed by atoms with Gasteiger partial charge >= 0.3 is 0 Å². The molecule has 0 fully saturated rings. The summed E-state index contributed by atoms with van der Waals surface area (Å²) in [4.78, 5) is 24.9. The molecule has 132 valence electrons. The van der Waals surface area contributed by atoms with Crippen LogP contribution in [0.25, 0.3) is 0 Å². The lowest BCUT2D eigenvalue weighted by Crippen LogP contribution is -2.41. The van der Waals surface area contributed by atoms with E-state index in [2.05, 4.69) is 10.6 Å². The van der Waals surface area contributed by atoms with Crippen molar-refractivity contribution in [2.75, 3.05) is 17.2 Å². The number of ether oxygens (including phenoxy) is 1. The molecule has 0 spiro atoms. The first-order valence-corrected chi connectivity index (χ1v) is 7.94. The number of nitrogens with one attached hydrogen (secondary N) is 2. The second kappa shape index (κ2) is 7.79. The fourth-order valence-corrected chi connectivity index (χ4v) is 2.01. The van der Waals surface area contributed by atoms with Crippen LogP contribution in [0.2, 0.25) is 0 Å². The van der Waals surface area contributed by atoms with Gasteiger partial charge in [0.15, 0.2) is 0 Å². The first kappa shape index (κ1) is 18.4. The molecule has 0 saturated heterocycles. The predicted octanol–water partition coefficient (Wildman–Crippen LogP) is 3.83. The number of hydrogen-bond donors (Lipinski definition) is 2. The Morgan fingerprint density at radius 2 is 1.36 bits per heavy atom. The molecule has 2 amide bonds. The average Bonchev–Trinajstić information content (AvgIpc) is 2.58. The molecule has 0 heterocycles. The van der Waals surface area contributed by atoms with E-state index in [4.69, 9.17) is 4.74 Å². The maximum atomic E-state index is 12.9. The quantitative estimate of drug-likeness (QED) is 0.783. The highest BCUT2D eigenvalue weighted by atomic mass is 19.1. The Kier molecular flexibility index (Phi) is 5.75. The van der Waals surface area contributed by atoms with Crippen LogP contribution in [0.15, 0.2) is 48.5 Å². The van der Waals surface area contributed by atoms with E-state index in [1.807, 2.05) is 6.92 Å². The van der Waals surface area contributed by atoms with Crippen LogP contribution in [0, 0.1) is 11.2 Å². The molecule has 0 radical (unpaired) electrons. The number of anilines is 2. The number of amides is 2. The minimum Gasteiger partial charge on any atom is -0.494 e. The lowest BCUT2D eigenvalue weighted by molar-refractivity contribution is -0.135. The van der Waals surface area contributed by atoms with Gasteiger partial charge in [-0.25, -0.2) is 4.39 Å². The zero-order valence-electron chi connectivity index (χ0n) is 14.4. The van der Waals surface area contributed by atoms with Gasteiger partial charge < -0.3 is 15.4 Å². The summed E-state index contributed by atoms with van der Waals surface area (Å²) in [6.07, 6.45) is 0. The number of carbonyl (C=O) groups is 2. The van der Waals surface area contributed by atoms with E-state index in [0.717, 1.165) is 0 Å². The zero-order valence-corrected chi connectivity index (χ0v) is 14.4. The minimum atomic E-state index is -1.31. The minimum absolute atomic E-state index is 0.398. The van der Waals surface area contributed by atoms with Gasteiger partial charge in [-0.05, 0) is 69.3 Å². The smallest absolute Gasteiger partial charge is 0.239 e. The third kappa shape index (κ3) is 4.79. The molecule has 0 unspecified atom stereocenters. The Bertz CT molecular complexity index is 740.